The molecule has 0 radical (unpaired) electrons. The molecule has 1 aromatic heterocycles. The minimum atomic E-state index is 0.516. The predicted molar refractivity (Wildman–Crippen MR) is 54.9 cm³/mol. The maximum Gasteiger partial charge on any atom is 0.240 e. The molecule has 0 fully saturated rings. The Kier molecular flexibility index (Phi) is 4.59. The molecule has 4 heteroatoms. The monoisotopic (exact) mass is 197 g/mol. The third-order valence-electron chi connectivity index (χ3n) is 2.16. The molecule has 0 bridgehead atoms. The van der Waals surface area contributed by atoms with Crippen LogP contribution in [0.25, 0.3) is 0 Å². The van der Waals surface area contributed by atoms with Gasteiger partial charge in [0.1, 0.15) is 0 Å². The van der Waals surface area contributed by atoms with Crippen LogP contribution in [-0.2, 0) is 6.54 Å². The first-order valence-corrected chi connectivity index (χ1v) is 5.25. The summed E-state index contributed by atoms with van der Waals surface area (Å²) in [7, 11) is 0. The summed E-state index contributed by atoms with van der Waals surface area (Å²) in [4.78, 5) is 4.12. The van der Waals surface area contributed by atoms with Crippen molar-refractivity contribution in [2.24, 2.45) is 0 Å². The number of nitrogens with one attached hydrogen (secondary N) is 1. The van der Waals surface area contributed by atoms with Crippen LogP contribution >= 0.6 is 0 Å². The minimum absolute atomic E-state index is 0.516. The van der Waals surface area contributed by atoms with Gasteiger partial charge < -0.3 is 9.84 Å². The standard InChI is InChI=1S/C10H19N3O/c1-4-5-6-8(2)11-7-10-12-9(3)13-14-10/h8,11H,4-7H2,1-3H3. The molecule has 0 saturated carbocycles. The first kappa shape index (κ1) is 11.2. The number of unbranched alkanes of at least 4 members (excludes halogenated alkanes) is 1. The summed E-state index contributed by atoms with van der Waals surface area (Å²) in [5.74, 6) is 1.37. The molecule has 0 aliphatic rings. The zero-order chi connectivity index (χ0) is 10.4. The van der Waals surface area contributed by atoms with Gasteiger partial charge >= 0.3 is 0 Å². The fraction of sp³-hybridized carbons (Fsp3) is 0.800. The van der Waals surface area contributed by atoms with Crippen molar-refractivity contribution in [3.8, 4) is 0 Å². The van der Waals surface area contributed by atoms with E-state index < -0.39 is 0 Å². The second-order valence-corrected chi connectivity index (χ2v) is 3.66. The van der Waals surface area contributed by atoms with Crippen molar-refractivity contribution in [2.75, 3.05) is 0 Å². The number of aromatic nitrogens is 2. The maximum absolute atomic E-state index is 5.00. The van der Waals surface area contributed by atoms with Crippen molar-refractivity contribution in [1.29, 1.82) is 0 Å². The van der Waals surface area contributed by atoms with Crippen molar-refractivity contribution in [1.82, 2.24) is 15.5 Å². The van der Waals surface area contributed by atoms with E-state index in [1.807, 2.05) is 6.92 Å². The lowest BCUT2D eigenvalue weighted by atomic mass is 10.1. The highest BCUT2D eigenvalue weighted by Crippen LogP contribution is 2.01. The molecule has 0 spiro atoms. The first-order valence-electron chi connectivity index (χ1n) is 5.25. The molecule has 1 heterocycles. The van der Waals surface area contributed by atoms with E-state index in [0.29, 0.717) is 24.3 Å². The Balaban J connectivity index is 2.20. The largest absolute Gasteiger partial charge is 0.338 e. The van der Waals surface area contributed by atoms with Crippen molar-refractivity contribution in [3.05, 3.63) is 11.7 Å². The lowest BCUT2D eigenvalue weighted by Crippen LogP contribution is -2.25. The highest BCUT2D eigenvalue weighted by atomic mass is 16.5. The van der Waals surface area contributed by atoms with Gasteiger partial charge in [-0.1, -0.05) is 24.9 Å². The molecule has 0 aliphatic heterocycles. The molecule has 1 unspecified atom stereocenters. The number of aryl methyl sites for hydroxylation is 1. The minimum Gasteiger partial charge on any atom is -0.338 e. The van der Waals surface area contributed by atoms with Crippen LogP contribution in [0.4, 0.5) is 0 Å². The zero-order valence-corrected chi connectivity index (χ0v) is 9.21. The van der Waals surface area contributed by atoms with E-state index in [4.69, 9.17) is 4.52 Å². The van der Waals surface area contributed by atoms with Crippen LogP contribution in [0.1, 0.15) is 44.8 Å². The average Bonchev–Trinajstić information content (AvgIpc) is 2.58. The van der Waals surface area contributed by atoms with Gasteiger partial charge in [0, 0.05) is 6.04 Å². The number of nitrogens with zero attached hydrogens (tertiary/aromatic N) is 2. The van der Waals surface area contributed by atoms with E-state index >= 15 is 0 Å². The Morgan fingerprint density at radius 3 is 2.86 bits per heavy atom. The van der Waals surface area contributed by atoms with Gasteiger partial charge in [-0.2, -0.15) is 4.98 Å². The fourth-order valence-corrected chi connectivity index (χ4v) is 1.29. The Labute approximate surface area is 85.1 Å². The summed E-state index contributed by atoms with van der Waals surface area (Å²) in [6.45, 7) is 6.88. The lowest BCUT2D eigenvalue weighted by Gasteiger charge is -2.10. The topological polar surface area (TPSA) is 51.0 Å². The molecule has 0 saturated heterocycles. The van der Waals surface area contributed by atoms with Gasteiger partial charge in [-0.15, -0.1) is 0 Å². The summed E-state index contributed by atoms with van der Waals surface area (Å²) in [6.07, 6.45) is 3.70. The van der Waals surface area contributed by atoms with Crippen LogP contribution in [0.3, 0.4) is 0 Å². The van der Waals surface area contributed by atoms with Gasteiger partial charge in [0.15, 0.2) is 5.82 Å². The summed E-state index contributed by atoms with van der Waals surface area (Å²) < 4.78 is 5.00. The smallest absolute Gasteiger partial charge is 0.240 e. The quantitative estimate of drug-likeness (QED) is 0.758. The molecule has 4 nitrogen and oxygen atoms in total. The third-order valence-corrected chi connectivity index (χ3v) is 2.16. The Bertz CT molecular complexity index is 260. The highest BCUT2D eigenvalue weighted by Gasteiger charge is 2.04. The molecule has 1 aromatic rings. The SMILES string of the molecule is CCCCC(C)NCc1nc(C)no1. The Morgan fingerprint density at radius 1 is 1.50 bits per heavy atom. The molecule has 1 atom stereocenters. The van der Waals surface area contributed by atoms with Gasteiger partial charge in [-0.25, -0.2) is 0 Å². The summed E-state index contributed by atoms with van der Waals surface area (Å²) in [6, 6.07) is 0.516. The molecule has 14 heavy (non-hydrogen) atoms. The predicted octanol–water partition coefficient (Wildman–Crippen LogP) is 2.05. The molecule has 80 valence electrons. The number of hydrogen-bond acceptors (Lipinski definition) is 4. The van der Waals surface area contributed by atoms with Gasteiger partial charge in [-0.05, 0) is 20.3 Å². The van der Waals surface area contributed by atoms with E-state index in [2.05, 4.69) is 29.3 Å². The van der Waals surface area contributed by atoms with E-state index in [1.54, 1.807) is 0 Å². The summed E-state index contributed by atoms with van der Waals surface area (Å²) >= 11 is 0. The Hall–Kier alpha value is -0.900. The van der Waals surface area contributed by atoms with E-state index in [1.165, 1.54) is 19.3 Å². The van der Waals surface area contributed by atoms with Crippen LogP contribution in [-0.4, -0.2) is 16.2 Å². The van der Waals surface area contributed by atoms with Crippen LogP contribution < -0.4 is 5.32 Å². The first-order chi connectivity index (χ1) is 6.72. The van der Waals surface area contributed by atoms with E-state index in [-0.39, 0.29) is 0 Å². The van der Waals surface area contributed by atoms with Crippen LogP contribution in [0.5, 0.6) is 0 Å². The van der Waals surface area contributed by atoms with Gasteiger partial charge in [0.05, 0.1) is 6.54 Å². The molecular weight excluding hydrogens is 178 g/mol. The van der Waals surface area contributed by atoms with Crippen molar-refractivity contribution < 1.29 is 4.52 Å². The fourth-order valence-electron chi connectivity index (χ4n) is 1.29. The lowest BCUT2D eigenvalue weighted by molar-refractivity contribution is 0.353. The third kappa shape index (κ3) is 3.87. The number of rotatable bonds is 6. The molecular formula is C10H19N3O. The van der Waals surface area contributed by atoms with E-state index in [0.717, 1.165) is 0 Å². The van der Waals surface area contributed by atoms with Crippen molar-refractivity contribution in [3.63, 3.8) is 0 Å². The van der Waals surface area contributed by atoms with Crippen LogP contribution in [0.15, 0.2) is 4.52 Å². The van der Waals surface area contributed by atoms with Gasteiger partial charge in [0.2, 0.25) is 5.89 Å². The van der Waals surface area contributed by atoms with Crippen LogP contribution in [0.2, 0.25) is 0 Å². The molecule has 1 N–H and O–H groups in total. The summed E-state index contributed by atoms with van der Waals surface area (Å²) in [5.41, 5.74) is 0. The molecule has 0 amide bonds. The molecule has 1 rings (SSSR count). The van der Waals surface area contributed by atoms with Gasteiger partial charge in [0.25, 0.3) is 0 Å². The van der Waals surface area contributed by atoms with E-state index in [9.17, 15) is 0 Å². The van der Waals surface area contributed by atoms with Crippen molar-refractivity contribution in [2.45, 2.75) is 52.6 Å². The molecule has 0 aromatic carbocycles. The van der Waals surface area contributed by atoms with Crippen molar-refractivity contribution >= 4 is 0 Å². The molecule has 0 aliphatic carbocycles. The zero-order valence-electron chi connectivity index (χ0n) is 9.21. The Morgan fingerprint density at radius 2 is 2.29 bits per heavy atom. The highest BCUT2D eigenvalue weighted by molar-refractivity contribution is 4.82. The van der Waals surface area contributed by atoms with Crippen LogP contribution in [0, 0.1) is 6.92 Å². The maximum atomic E-state index is 5.00. The second-order valence-electron chi connectivity index (χ2n) is 3.66. The van der Waals surface area contributed by atoms with Gasteiger partial charge in [-0.3, -0.25) is 0 Å². The number of hydrogen-bond donors (Lipinski definition) is 1. The normalized spacial score (nSPS) is 13.1. The second kappa shape index (κ2) is 5.75. The average molecular weight is 197 g/mol. The summed E-state index contributed by atoms with van der Waals surface area (Å²) in [5, 5.41) is 7.08.